The summed E-state index contributed by atoms with van der Waals surface area (Å²) >= 11 is 3.47. The molecule has 23 heavy (non-hydrogen) atoms. The molecule has 1 aromatic carbocycles. The van der Waals surface area contributed by atoms with E-state index in [9.17, 15) is 10.1 Å². The number of rotatable bonds is 5. The number of hydrogen-bond donors (Lipinski definition) is 1. The maximum atomic E-state index is 12.0. The van der Waals surface area contributed by atoms with Crippen molar-refractivity contribution in [3.8, 4) is 28.7 Å². The van der Waals surface area contributed by atoms with Gasteiger partial charge in [0.05, 0.1) is 7.11 Å². The van der Waals surface area contributed by atoms with E-state index in [2.05, 4.69) is 27.5 Å². The third-order valence-corrected chi connectivity index (χ3v) is 3.84. The zero-order valence-corrected chi connectivity index (χ0v) is 14.4. The van der Waals surface area contributed by atoms with Crippen molar-refractivity contribution in [2.24, 2.45) is 0 Å². The highest BCUT2D eigenvalue weighted by molar-refractivity contribution is 9.10. The fourth-order valence-electron chi connectivity index (χ4n) is 2.17. The smallest absolute Gasteiger partial charge is 0.266 e. The number of benzene rings is 1. The van der Waals surface area contributed by atoms with Crippen LogP contribution in [0.2, 0.25) is 0 Å². The van der Waals surface area contributed by atoms with E-state index in [-0.39, 0.29) is 5.56 Å². The van der Waals surface area contributed by atoms with Crippen molar-refractivity contribution in [1.29, 1.82) is 5.26 Å². The molecule has 0 spiro atoms. The predicted molar refractivity (Wildman–Crippen MR) is 91.9 cm³/mol. The molecule has 1 heterocycles. The van der Waals surface area contributed by atoms with Crippen LogP contribution in [0.5, 0.6) is 11.5 Å². The van der Waals surface area contributed by atoms with Crippen molar-refractivity contribution in [2.45, 2.75) is 6.92 Å². The van der Waals surface area contributed by atoms with Gasteiger partial charge in [0.1, 0.15) is 18.2 Å². The summed E-state index contributed by atoms with van der Waals surface area (Å²) in [6.07, 6.45) is 1.63. The Hall–Kier alpha value is -2.52. The van der Waals surface area contributed by atoms with Gasteiger partial charge in [-0.15, -0.1) is 0 Å². The topological polar surface area (TPSA) is 75.1 Å². The van der Waals surface area contributed by atoms with Crippen LogP contribution in [0.1, 0.15) is 11.3 Å². The summed E-state index contributed by atoms with van der Waals surface area (Å²) in [5.41, 5.74) is 1.52. The SMILES string of the molecule is C=CCOc1cc(Br)c(-c2cc(C)[nH]c(=O)c2C#N)cc1OC. The molecule has 5 nitrogen and oxygen atoms in total. The van der Waals surface area contributed by atoms with Gasteiger partial charge in [-0.2, -0.15) is 5.26 Å². The molecule has 0 saturated carbocycles. The minimum absolute atomic E-state index is 0.0538. The summed E-state index contributed by atoms with van der Waals surface area (Å²) in [4.78, 5) is 14.6. The highest BCUT2D eigenvalue weighted by Gasteiger charge is 2.16. The molecule has 0 aliphatic heterocycles. The number of halogens is 1. The van der Waals surface area contributed by atoms with E-state index in [0.29, 0.717) is 39.4 Å². The second-order valence-electron chi connectivity index (χ2n) is 4.76. The van der Waals surface area contributed by atoms with Crippen LogP contribution < -0.4 is 15.0 Å². The molecular formula is C17H15BrN2O3. The van der Waals surface area contributed by atoms with E-state index in [1.165, 1.54) is 7.11 Å². The van der Waals surface area contributed by atoms with Gasteiger partial charge in [-0.1, -0.05) is 28.6 Å². The molecule has 0 saturated heterocycles. The lowest BCUT2D eigenvalue weighted by molar-refractivity contribution is 0.326. The van der Waals surface area contributed by atoms with Gasteiger partial charge in [0.25, 0.3) is 5.56 Å². The van der Waals surface area contributed by atoms with Gasteiger partial charge in [-0.25, -0.2) is 0 Å². The summed E-state index contributed by atoms with van der Waals surface area (Å²) in [5, 5.41) is 9.29. The van der Waals surface area contributed by atoms with Gasteiger partial charge in [-0.3, -0.25) is 4.79 Å². The Morgan fingerprint density at radius 1 is 1.35 bits per heavy atom. The molecule has 0 amide bonds. The van der Waals surface area contributed by atoms with Crippen LogP contribution >= 0.6 is 15.9 Å². The van der Waals surface area contributed by atoms with E-state index in [0.717, 1.165) is 0 Å². The maximum absolute atomic E-state index is 12.0. The number of aryl methyl sites for hydroxylation is 1. The number of hydrogen-bond acceptors (Lipinski definition) is 4. The lowest BCUT2D eigenvalue weighted by Gasteiger charge is -2.14. The monoisotopic (exact) mass is 374 g/mol. The number of aromatic nitrogens is 1. The van der Waals surface area contributed by atoms with Crippen molar-refractivity contribution in [3.05, 3.63) is 56.9 Å². The molecule has 6 heteroatoms. The number of nitrogens with one attached hydrogen (secondary N) is 1. The highest BCUT2D eigenvalue weighted by atomic mass is 79.9. The average molecular weight is 375 g/mol. The Kier molecular flexibility index (Phi) is 5.24. The van der Waals surface area contributed by atoms with Crippen LogP contribution in [-0.4, -0.2) is 18.7 Å². The normalized spacial score (nSPS) is 10.0. The lowest BCUT2D eigenvalue weighted by atomic mass is 10.0. The number of nitriles is 1. The summed E-state index contributed by atoms with van der Waals surface area (Å²) in [5.74, 6) is 1.05. The minimum Gasteiger partial charge on any atom is -0.493 e. The molecule has 0 unspecified atom stereocenters. The predicted octanol–water partition coefficient (Wildman–Crippen LogP) is 3.56. The number of methoxy groups -OCH3 is 1. The standard InChI is InChI=1S/C17H15BrN2O3/c1-4-5-23-16-8-14(18)12(7-15(16)22-3)11-6-10(2)20-17(21)13(11)9-19/h4,6-8H,1,5H2,2-3H3,(H,20,21). The van der Waals surface area contributed by atoms with Crippen LogP contribution in [0.4, 0.5) is 0 Å². The van der Waals surface area contributed by atoms with Crippen molar-refractivity contribution in [2.75, 3.05) is 13.7 Å². The molecule has 2 aromatic rings. The van der Waals surface area contributed by atoms with Crippen LogP contribution in [0.3, 0.4) is 0 Å². The lowest BCUT2D eigenvalue weighted by Crippen LogP contribution is -2.13. The van der Waals surface area contributed by atoms with Gasteiger partial charge in [0.15, 0.2) is 11.5 Å². The first-order valence-electron chi connectivity index (χ1n) is 6.77. The summed E-state index contributed by atoms with van der Waals surface area (Å²) < 4.78 is 11.6. The van der Waals surface area contributed by atoms with Crippen molar-refractivity contribution >= 4 is 15.9 Å². The summed E-state index contributed by atoms with van der Waals surface area (Å²) in [7, 11) is 1.53. The van der Waals surface area contributed by atoms with Crippen molar-refractivity contribution in [3.63, 3.8) is 0 Å². The molecule has 0 aliphatic rings. The molecule has 2 rings (SSSR count). The number of ether oxygens (including phenoxy) is 2. The molecule has 1 N–H and O–H groups in total. The van der Waals surface area contributed by atoms with Crippen LogP contribution in [0.15, 0.2) is 40.1 Å². The molecule has 1 aromatic heterocycles. The third-order valence-electron chi connectivity index (χ3n) is 3.18. The van der Waals surface area contributed by atoms with E-state index < -0.39 is 5.56 Å². The minimum atomic E-state index is -0.416. The fraction of sp³-hybridized carbons (Fsp3) is 0.176. The van der Waals surface area contributed by atoms with Gasteiger partial charge in [-0.05, 0) is 25.1 Å². The van der Waals surface area contributed by atoms with E-state index >= 15 is 0 Å². The van der Waals surface area contributed by atoms with Gasteiger partial charge >= 0.3 is 0 Å². The molecule has 0 bridgehead atoms. The van der Waals surface area contributed by atoms with Gasteiger partial charge in [0, 0.05) is 21.3 Å². The molecular weight excluding hydrogens is 360 g/mol. The van der Waals surface area contributed by atoms with E-state index in [4.69, 9.17) is 9.47 Å². The van der Waals surface area contributed by atoms with Crippen LogP contribution in [-0.2, 0) is 0 Å². The summed E-state index contributed by atoms with van der Waals surface area (Å²) in [6.45, 7) is 5.71. The Morgan fingerprint density at radius 2 is 2.09 bits per heavy atom. The molecule has 0 fully saturated rings. The van der Waals surface area contributed by atoms with E-state index in [1.54, 1.807) is 31.2 Å². The van der Waals surface area contributed by atoms with Gasteiger partial charge < -0.3 is 14.5 Å². The Labute approximate surface area is 142 Å². The zero-order chi connectivity index (χ0) is 17.0. The first-order valence-corrected chi connectivity index (χ1v) is 7.56. The fourth-order valence-corrected chi connectivity index (χ4v) is 2.71. The van der Waals surface area contributed by atoms with E-state index in [1.807, 2.05) is 6.07 Å². The number of H-pyrrole nitrogens is 1. The van der Waals surface area contributed by atoms with Crippen molar-refractivity contribution in [1.82, 2.24) is 4.98 Å². The first-order chi connectivity index (χ1) is 11.0. The number of nitrogens with zero attached hydrogens (tertiary/aromatic N) is 1. The average Bonchev–Trinajstić information content (AvgIpc) is 2.52. The summed E-state index contributed by atoms with van der Waals surface area (Å²) in [6, 6.07) is 7.19. The maximum Gasteiger partial charge on any atom is 0.266 e. The Balaban J connectivity index is 2.68. The quantitative estimate of drug-likeness (QED) is 0.811. The number of aromatic amines is 1. The van der Waals surface area contributed by atoms with Crippen LogP contribution in [0, 0.1) is 18.3 Å². The third kappa shape index (κ3) is 3.46. The molecule has 118 valence electrons. The van der Waals surface area contributed by atoms with Gasteiger partial charge in [0.2, 0.25) is 0 Å². The molecule has 0 radical (unpaired) electrons. The Bertz CT molecular complexity index is 850. The highest BCUT2D eigenvalue weighted by Crippen LogP contribution is 2.39. The van der Waals surface area contributed by atoms with Crippen LogP contribution in [0.25, 0.3) is 11.1 Å². The van der Waals surface area contributed by atoms with Crippen molar-refractivity contribution < 1.29 is 9.47 Å². The largest absolute Gasteiger partial charge is 0.493 e. The molecule has 0 aliphatic carbocycles. The first kappa shape index (κ1) is 16.8. The molecule has 0 atom stereocenters. The second-order valence-corrected chi connectivity index (χ2v) is 5.62. The Morgan fingerprint density at radius 3 is 2.70 bits per heavy atom. The number of pyridine rings is 1. The zero-order valence-electron chi connectivity index (χ0n) is 12.8. The second kappa shape index (κ2) is 7.16.